The van der Waals surface area contributed by atoms with Crippen molar-refractivity contribution in [2.24, 2.45) is 11.1 Å². The van der Waals surface area contributed by atoms with E-state index < -0.39 is 0 Å². The summed E-state index contributed by atoms with van der Waals surface area (Å²) in [6.07, 6.45) is 6.99. The molecule has 24 heavy (non-hydrogen) atoms. The Morgan fingerprint density at radius 1 is 1.21 bits per heavy atom. The molecule has 0 heterocycles. The van der Waals surface area contributed by atoms with Gasteiger partial charge in [0, 0.05) is 26.6 Å². The topological polar surface area (TPSA) is 73.6 Å². The van der Waals surface area contributed by atoms with Crippen molar-refractivity contribution in [1.82, 2.24) is 0 Å². The summed E-state index contributed by atoms with van der Waals surface area (Å²) in [7, 11) is 1.67. The maximum atomic E-state index is 12.5. The molecule has 1 aromatic carbocycles. The molecule has 1 amide bonds. The van der Waals surface area contributed by atoms with Crippen LogP contribution < -0.4 is 15.8 Å². The summed E-state index contributed by atoms with van der Waals surface area (Å²) in [5.74, 6) is 0.725. The first kappa shape index (κ1) is 18.7. The molecule has 3 N–H and O–H groups in total. The van der Waals surface area contributed by atoms with Crippen LogP contribution in [0.1, 0.15) is 44.9 Å². The number of carbonyl (C=O) groups is 1. The number of nitrogens with two attached hydrogens (primary N) is 1. The van der Waals surface area contributed by atoms with E-state index in [1.54, 1.807) is 7.11 Å². The third kappa shape index (κ3) is 5.49. The lowest BCUT2D eigenvalue weighted by Gasteiger charge is -2.35. The Balaban J connectivity index is 1.93. The van der Waals surface area contributed by atoms with Crippen molar-refractivity contribution in [3.05, 3.63) is 24.3 Å². The van der Waals surface area contributed by atoms with E-state index in [2.05, 4.69) is 5.32 Å². The number of ether oxygens (including phenoxy) is 2. The minimum Gasteiger partial charge on any atom is -0.491 e. The van der Waals surface area contributed by atoms with Crippen molar-refractivity contribution in [3.8, 4) is 5.75 Å². The quantitative estimate of drug-likeness (QED) is 0.679. The van der Waals surface area contributed by atoms with Gasteiger partial charge in [-0.2, -0.15) is 0 Å². The molecule has 0 aliphatic heterocycles. The monoisotopic (exact) mass is 334 g/mol. The first-order valence-electron chi connectivity index (χ1n) is 8.90. The molecule has 1 saturated carbocycles. The summed E-state index contributed by atoms with van der Waals surface area (Å²) in [4.78, 5) is 12.5. The van der Waals surface area contributed by atoms with E-state index in [4.69, 9.17) is 15.2 Å². The Bertz CT molecular complexity index is 513. The van der Waals surface area contributed by atoms with E-state index >= 15 is 0 Å². The van der Waals surface area contributed by atoms with Gasteiger partial charge >= 0.3 is 0 Å². The smallest absolute Gasteiger partial charge is 0.225 e. The van der Waals surface area contributed by atoms with Gasteiger partial charge in [0.1, 0.15) is 5.75 Å². The molecule has 0 spiro atoms. The van der Waals surface area contributed by atoms with Crippen molar-refractivity contribution in [1.29, 1.82) is 0 Å². The Hall–Kier alpha value is -1.59. The molecule has 1 aromatic rings. The van der Waals surface area contributed by atoms with Gasteiger partial charge in [-0.1, -0.05) is 31.4 Å². The van der Waals surface area contributed by atoms with Crippen LogP contribution in [0.3, 0.4) is 0 Å². The molecule has 5 heteroatoms. The molecular weight excluding hydrogens is 304 g/mol. The number of benzene rings is 1. The molecular formula is C19H30N2O3. The summed E-state index contributed by atoms with van der Waals surface area (Å²) in [5, 5.41) is 3.01. The van der Waals surface area contributed by atoms with Gasteiger partial charge in [0.05, 0.1) is 12.3 Å². The third-order valence-corrected chi connectivity index (χ3v) is 4.79. The minimum absolute atomic E-state index is 0.0234. The number of methoxy groups -OCH3 is 1. The SMILES string of the molecule is COCCCOc1ccccc1NC(=O)CC1(CN)CCCCC1. The highest BCUT2D eigenvalue weighted by Gasteiger charge is 2.33. The second kappa shape index (κ2) is 9.64. The van der Waals surface area contributed by atoms with Crippen LogP contribution in [0.25, 0.3) is 0 Å². The largest absolute Gasteiger partial charge is 0.491 e. The summed E-state index contributed by atoms with van der Waals surface area (Å²) in [6.45, 7) is 1.80. The standard InChI is InChI=1S/C19H30N2O3/c1-23-12-7-13-24-17-9-4-3-8-16(17)21-18(22)14-19(15-20)10-5-2-6-11-19/h3-4,8-9H,2,5-7,10-15,20H2,1H3,(H,21,22). The van der Waals surface area contributed by atoms with Crippen molar-refractivity contribution in [2.45, 2.75) is 44.9 Å². The van der Waals surface area contributed by atoms with E-state index in [1.165, 1.54) is 19.3 Å². The summed E-state index contributed by atoms with van der Waals surface area (Å²) in [6, 6.07) is 7.56. The van der Waals surface area contributed by atoms with Gasteiger partial charge in [-0.05, 0) is 36.9 Å². The van der Waals surface area contributed by atoms with Gasteiger partial charge in [0.2, 0.25) is 5.91 Å². The van der Waals surface area contributed by atoms with Crippen LogP contribution in [0.4, 0.5) is 5.69 Å². The fraction of sp³-hybridized carbons (Fsp3) is 0.632. The first-order chi connectivity index (χ1) is 11.7. The minimum atomic E-state index is -0.0312. The molecule has 0 radical (unpaired) electrons. The number of hydrogen-bond acceptors (Lipinski definition) is 4. The van der Waals surface area contributed by atoms with Gasteiger partial charge in [0.15, 0.2) is 0 Å². The highest BCUT2D eigenvalue weighted by molar-refractivity contribution is 5.92. The summed E-state index contributed by atoms with van der Waals surface area (Å²) < 4.78 is 10.8. The van der Waals surface area contributed by atoms with Gasteiger partial charge in [-0.25, -0.2) is 0 Å². The van der Waals surface area contributed by atoms with E-state index in [1.807, 2.05) is 24.3 Å². The lowest BCUT2D eigenvalue weighted by Crippen LogP contribution is -2.36. The van der Waals surface area contributed by atoms with E-state index in [9.17, 15) is 4.79 Å². The normalized spacial score (nSPS) is 16.6. The van der Waals surface area contributed by atoms with E-state index in [-0.39, 0.29) is 11.3 Å². The zero-order valence-electron chi connectivity index (χ0n) is 14.7. The highest BCUT2D eigenvalue weighted by atomic mass is 16.5. The fourth-order valence-electron chi connectivity index (χ4n) is 3.37. The molecule has 1 fully saturated rings. The van der Waals surface area contributed by atoms with Gasteiger partial charge in [-0.15, -0.1) is 0 Å². The van der Waals surface area contributed by atoms with Gasteiger partial charge in [0.25, 0.3) is 0 Å². The van der Waals surface area contributed by atoms with Crippen molar-refractivity contribution in [3.63, 3.8) is 0 Å². The molecule has 0 atom stereocenters. The van der Waals surface area contributed by atoms with Crippen molar-refractivity contribution in [2.75, 3.05) is 32.2 Å². The zero-order valence-corrected chi connectivity index (χ0v) is 14.7. The Morgan fingerprint density at radius 3 is 2.67 bits per heavy atom. The highest BCUT2D eigenvalue weighted by Crippen LogP contribution is 2.38. The van der Waals surface area contributed by atoms with Crippen LogP contribution in [-0.4, -0.2) is 32.8 Å². The maximum Gasteiger partial charge on any atom is 0.225 e. The Kier molecular flexibility index (Phi) is 7.53. The Morgan fingerprint density at radius 2 is 1.96 bits per heavy atom. The fourth-order valence-corrected chi connectivity index (χ4v) is 3.37. The number of rotatable bonds is 9. The number of anilines is 1. The number of amides is 1. The molecule has 0 aromatic heterocycles. The van der Waals surface area contributed by atoms with Crippen LogP contribution in [0, 0.1) is 5.41 Å². The lowest BCUT2D eigenvalue weighted by molar-refractivity contribution is -0.118. The third-order valence-electron chi connectivity index (χ3n) is 4.79. The van der Waals surface area contributed by atoms with Crippen LogP contribution in [0.2, 0.25) is 0 Å². The molecule has 1 aliphatic rings. The number of nitrogens with one attached hydrogen (secondary N) is 1. The van der Waals surface area contributed by atoms with Crippen molar-refractivity contribution >= 4 is 11.6 Å². The molecule has 0 bridgehead atoms. The van der Waals surface area contributed by atoms with Crippen LogP contribution in [0.5, 0.6) is 5.75 Å². The van der Waals surface area contributed by atoms with Crippen molar-refractivity contribution < 1.29 is 14.3 Å². The first-order valence-corrected chi connectivity index (χ1v) is 8.90. The molecule has 2 rings (SSSR count). The summed E-state index contributed by atoms with van der Waals surface area (Å²) >= 11 is 0. The Labute approximate surface area is 144 Å². The number of carbonyl (C=O) groups excluding carboxylic acids is 1. The average molecular weight is 334 g/mol. The predicted molar refractivity (Wildman–Crippen MR) is 96.2 cm³/mol. The molecule has 0 saturated heterocycles. The van der Waals surface area contributed by atoms with Gasteiger partial charge in [-0.3, -0.25) is 4.79 Å². The zero-order chi connectivity index (χ0) is 17.3. The molecule has 1 aliphatic carbocycles. The molecule has 0 unspecified atom stereocenters. The number of para-hydroxylation sites is 2. The van der Waals surface area contributed by atoms with Crippen LogP contribution >= 0.6 is 0 Å². The van der Waals surface area contributed by atoms with E-state index in [0.717, 1.165) is 24.9 Å². The predicted octanol–water partition coefficient (Wildman–Crippen LogP) is 3.34. The van der Waals surface area contributed by atoms with Crippen LogP contribution in [-0.2, 0) is 9.53 Å². The summed E-state index contributed by atoms with van der Waals surface area (Å²) in [5.41, 5.74) is 6.68. The van der Waals surface area contributed by atoms with E-state index in [0.29, 0.717) is 31.9 Å². The van der Waals surface area contributed by atoms with Crippen LogP contribution in [0.15, 0.2) is 24.3 Å². The average Bonchev–Trinajstić information content (AvgIpc) is 2.61. The number of hydrogen-bond donors (Lipinski definition) is 2. The second-order valence-electron chi connectivity index (χ2n) is 6.68. The lowest BCUT2D eigenvalue weighted by atomic mass is 9.71. The second-order valence-corrected chi connectivity index (χ2v) is 6.68. The maximum absolute atomic E-state index is 12.5. The molecule has 5 nitrogen and oxygen atoms in total. The molecule has 134 valence electrons. The van der Waals surface area contributed by atoms with Gasteiger partial charge < -0.3 is 20.5 Å².